The molecule has 192 valence electrons. The van der Waals surface area contributed by atoms with E-state index in [1.54, 1.807) is 0 Å². The fourth-order valence-corrected chi connectivity index (χ4v) is 5.98. The van der Waals surface area contributed by atoms with E-state index in [4.69, 9.17) is 4.74 Å². The fourth-order valence-electron chi connectivity index (χ4n) is 5.98. The van der Waals surface area contributed by atoms with Crippen LogP contribution in [-0.4, -0.2) is 62.0 Å². The van der Waals surface area contributed by atoms with Crippen molar-refractivity contribution >= 4 is 6.03 Å². The maximum absolute atomic E-state index is 13.3. The van der Waals surface area contributed by atoms with E-state index in [9.17, 15) is 9.90 Å². The van der Waals surface area contributed by atoms with Gasteiger partial charge in [-0.2, -0.15) is 0 Å². The second kappa shape index (κ2) is 14.1. The summed E-state index contributed by atoms with van der Waals surface area (Å²) in [5.74, 6) is 0.729. The maximum atomic E-state index is 13.3. The number of nitrogens with zero attached hydrogens (tertiary/aromatic N) is 1. The van der Waals surface area contributed by atoms with Gasteiger partial charge in [0.15, 0.2) is 0 Å². The molecule has 1 aromatic carbocycles. The van der Waals surface area contributed by atoms with E-state index < -0.39 is 5.60 Å². The van der Waals surface area contributed by atoms with Crippen LogP contribution in [0.2, 0.25) is 0 Å². The standard InChI is InChI=1S/C28H47N3O3/c1-3-34-19-11-17-28(33,24-14-8-5-9-15-24)25-16-10-18-31(22-25)27(32)30-26(21-29-2)20-23-12-6-4-7-13-23/h5,8-9,14-15,23,25-26,29,33H,3-4,6-7,10-13,16-22H2,1-2H3,(H,30,32)/t25-,26?,28-/m1/s1. The number of hydrogen-bond donors (Lipinski definition) is 3. The third-order valence-corrected chi connectivity index (χ3v) is 7.83. The number of aliphatic hydroxyl groups is 1. The summed E-state index contributed by atoms with van der Waals surface area (Å²) in [6.07, 6.45) is 10.9. The van der Waals surface area contributed by atoms with Crippen LogP contribution in [0.25, 0.3) is 0 Å². The number of carbonyl (C=O) groups is 1. The first-order chi connectivity index (χ1) is 16.6. The molecule has 3 N–H and O–H groups in total. The Balaban J connectivity index is 1.64. The van der Waals surface area contributed by atoms with Gasteiger partial charge in [0.2, 0.25) is 0 Å². The number of piperidine rings is 1. The minimum atomic E-state index is -0.955. The van der Waals surface area contributed by atoms with Crippen LogP contribution in [0, 0.1) is 11.8 Å². The highest BCUT2D eigenvalue weighted by Gasteiger charge is 2.41. The van der Waals surface area contributed by atoms with Crippen molar-refractivity contribution in [3.8, 4) is 0 Å². The summed E-state index contributed by atoms with van der Waals surface area (Å²) in [6, 6.07) is 10.2. The van der Waals surface area contributed by atoms with Gasteiger partial charge in [0.05, 0.1) is 5.60 Å². The van der Waals surface area contributed by atoms with Gasteiger partial charge in [-0.3, -0.25) is 0 Å². The molecule has 1 aliphatic carbocycles. The molecule has 1 heterocycles. The molecule has 6 heteroatoms. The normalized spacial score (nSPS) is 22.2. The molecular weight excluding hydrogens is 426 g/mol. The first-order valence-corrected chi connectivity index (χ1v) is 13.6. The number of rotatable bonds is 12. The molecular formula is C28H47N3O3. The van der Waals surface area contributed by atoms with E-state index in [0.29, 0.717) is 26.2 Å². The summed E-state index contributed by atoms with van der Waals surface area (Å²) in [4.78, 5) is 15.3. The molecule has 1 saturated carbocycles. The van der Waals surface area contributed by atoms with Crippen molar-refractivity contribution < 1.29 is 14.6 Å². The average molecular weight is 474 g/mol. The molecule has 2 fully saturated rings. The zero-order valence-electron chi connectivity index (χ0n) is 21.4. The van der Waals surface area contributed by atoms with Gasteiger partial charge in [0, 0.05) is 44.8 Å². The van der Waals surface area contributed by atoms with Crippen molar-refractivity contribution in [2.75, 3.05) is 39.9 Å². The van der Waals surface area contributed by atoms with Crippen molar-refractivity contribution in [3.63, 3.8) is 0 Å². The van der Waals surface area contributed by atoms with Crippen LogP contribution in [0.5, 0.6) is 0 Å². The highest BCUT2D eigenvalue weighted by Crippen LogP contribution is 2.39. The number of nitrogens with one attached hydrogen (secondary N) is 2. The third kappa shape index (κ3) is 7.69. The first-order valence-electron chi connectivity index (χ1n) is 13.6. The molecule has 1 unspecified atom stereocenters. The summed E-state index contributed by atoms with van der Waals surface area (Å²) >= 11 is 0. The fraction of sp³-hybridized carbons (Fsp3) is 0.750. The number of likely N-dealkylation sites (N-methyl/N-ethyl adjacent to an activating group) is 1. The summed E-state index contributed by atoms with van der Waals surface area (Å²) in [6.45, 7) is 5.47. The van der Waals surface area contributed by atoms with E-state index in [2.05, 4.69) is 10.6 Å². The molecule has 3 atom stereocenters. The highest BCUT2D eigenvalue weighted by molar-refractivity contribution is 5.74. The van der Waals surface area contributed by atoms with Gasteiger partial charge in [-0.25, -0.2) is 4.79 Å². The molecule has 1 saturated heterocycles. The molecule has 3 rings (SSSR count). The Kier molecular flexibility index (Phi) is 11.1. The quantitative estimate of drug-likeness (QED) is 0.386. The molecule has 6 nitrogen and oxygen atoms in total. The van der Waals surface area contributed by atoms with Gasteiger partial charge in [-0.15, -0.1) is 0 Å². The summed E-state index contributed by atoms with van der Waals surface area (Å²) in [5, 5.41) is 18.6. The van der Waals surface area contributed by atoms with Gasteiger partial charge in [0.1, 0.15) is 0 Å². The lowest BCUT2D eigenvalue weighted by molar-refractivity contribution is -0.0592. The van der Waals surface area contributed by atoms with Crippen molar-refractivity contribution in [3.05, 3.63) is 35.9 Å². The number of carbonyl (C=O) groups excluding carboxylic acids is 1. The van der Waals surface area contributed by atoms with Crippen LogP contribution >= 0.6 is 0 Å². The Morgan fingerprint density at radius 3 is 2.65 bits per heavy atom. The monoisotopic (exact) mass is 473 g/mol. The Labute approximate surface area is 206 Å². The van der Waals surface area contributed by atoms with E-state index in [1.165, 1.54) is 32.1 Å². The van der Waals surface area contributed by atoms with Gasteiger partial charge < -0.3 is 25.4 Å². The second-order valence-electron chi connectivity index (χ2n) is 10.3. The molecule has 0 aromatic heterocycles. The van der Waals surface area contributed by atoms with Gasteiger partial charge >= 0.3 is 6.03 Å². The van der Waals surface area contributed by atoms with Crippen LogP contribution in [0.15, 0.2) is 30.3 Å². The second-order valence-corrected chi connectivity index (χ2v) is 10.3. The minimum absolute atomic E-state index is 0.0112. The SMILES string of the molecule is CCOCCC[C@@](O)(c1ccccc1)[C@@H]1CCCN(C(=O)NC(CNC)CC2CCCCC2)C1. The molecule has 0 spiro atoms. The number of benzene rings is 1. The molecule has 0 bridgehead atoms. The van der Waals surface area contributed by atoms with Crippen molar-refractivity contribution in [2.45, 2.75) is 82.8 Å². The number of amides is 2. The Morgan fingerprint density at radius 2 is 1.94 bits per heavy atom. The zero-order valence-corrected chi connectivity index (χ0v) is 21.4. The van der Waals surface area contributed by atoms with Crippen LogP contribution in [0.4, 0.5) is 4.79 Å². The molecule has 2 aliphatic rings. The third-order valence-electron chi connectivity index (χ3n) is 7.83. The van der Waals surface area contributed by atoms with Crippen molar-refractivity contribution in [2.24, 2.45) is 11.8 Å². The van der Waals surface area contributed by atoms with E-state index in [1.807, 2.05) is 49.2 Å². The van der Waals surface area contributed by atoms with Gasteiger partial charge in [-0.1, -0.05) is 62.4 Å². The average Bonchev–Trinajstić information content (AvgIpc) is 2.88. The topological polar surface area (TPSA) is 73.8 Å². The largest absolute Gasteiger partial charge is 0.385 e. The first kappa shape index (κ1) is 27.0. The van der Waals surface area contributed by atoms with Crippen LogP contribution in [0.1, 0.15) is 76.7 Å². The van der Waals surface area contributed by atoms with Crippen molar-refractivity contribution in [1.29, 1.82) is 0 Å². The van der Waals surface area contributed by atoms with Gasteiger partial charge in [-0.05, 0) is 57.6 Å². The van der Waals surface area contributed by atoms with Crippen LogP contribution in [-0.2, 0) is 10.3 Å². The van der Waals surface area contributed by atoms with E-state index in [-0.39, 0.29) is 18.0 Å². The minimum Gasteiger partial charge on any atom is -0.385 e. The molecule has 0 radical (unpaired) electrons. The Hall–Kier alpha value is -1.63. The van der Waals surface area contributed by atoms with Crippen LogP contribution < -0.4 is 10.6 Å². The Morgan fingerprint density at radius 1 is 1.18 bits per heavy atom. The molecule has 34 heavy (non-hydrogen) atoms. The molecule has 1 aromatic rings. The number of hydrogen-bond acceptors (Lipinski definition) is 4. The maximum Gasteiger partial charge on any atom is 0.317 e. The molecule has 2 amide bonds. The predicted octanol–water partition coefficient (Wildman–Crippen LogP) is 4.67. The van der Waals surface area contributed by atoms with E-state index in [0.717, 1.165) is 50.3 Å². The van der Waals surface area contributed by atoms with Gasteiger partial charge in [0.25, 0.3) is 0 Å². The number of urea groups is 1. The van der Waals surface area contributed by atoms with Crippen molar-refractivity contribution in [1.82, 2.24) is 15.5 Å². The smallest absolute Gasteiger partial charge is 0.317 e. The lowest BCUT2D eigenvalue weighted by Gasteiger charge is -2.43. The summed E-state index contributed by atoms with van der Waals surface area (Å²) in [5.41, 5.74) is -0.00632. The number of ether oxygens (including phenoxy) is 1. The van der Waals surface area contributed by atoms with E-state index >= 15 is 0 Å². The zero-order chi connectivity index (χ0) is 24.2. The Bertz CT molecular complexity index is 710. The molecule has 1 aliphatic heterocycles. The lowest BCUT2D eigenvalue weighted by Crippen LogP contribution is -2.54. The number of likely N-dealkylation sites (tertiary alicyclic amines) is 1. The van der Waals surface area contributed by atoms with Crippen LogP contribution in [0.3, 0.4) is 0 Å². The summed E-state index contributed by atoms with van der Waals surface area (Å²) in [7, 11) is 1.96. The highest BCUT2D eigenvalue weighted by atomic mass is 16.5. The predicted molar refractivity (Wildman–Crippen MR) is 138 cm³/mol. The lowest BCUT2D eigenvalue weighted by atomic mass is 9.74. The summed E-state index contributed by atoms with van der Waals surface area (Å²) < 4.78 is 5.55.